The van der Waals surface area contributed by atoms with Gasteiger partial charge in [-0.25, -0.2) is 8.42 Å². The zero-order valence-electron chi connectivity index (χ0n) is 22.8. The van der Waals surface area contributed by atoms with E-state index in [-0.39, 0.29) is 0 Å². The number of nitrogens with zero attached hydrogens (tertiary/aromatic N) is 1. The van der Waals surface area contributed by atoms with Crippen LogP contribution in [0.2, 0.25) is 0 Å². The third-order valence-corrected chi connectivity index (χ3v) is 7.42. The Bertz CT molecular complexity index is 1950. The van der Waals surface area contributed by atoms with E-state index in [0.29, 0.717) is 0 Å². The normalized spacial score (nSPS) is 11.5. The topological polar surface area (TPSA) is 61.1 Å². The third-order valence-electron chi connectivity index (χ3n) is 6.85. The first-order chi connectivity index (χ1) is 20.6. The largest absolute Gasteiger partial charge is 0.741 e. The monoisotopic (exact) mass is 597 g/mol. The van der Waals surface area contributed by atoms with Crippen LogP contribution in [0.15, 0.2) is 146 Å². The van der Waals surface area contributed by atoms with Gasteiger partial charge in [-0.2, -0.15) is 17.7 Å². The quantitative estimate of drug-likeness (QED) is 0.114. The van der Waals surface area contributed by atoms with Gasteiger partial charge in [-0.05, 0) is 46.2 Å². The molecule has 6 rings (SSSR count). The van der Waals surface area contributed by atoms with Crippen LogP contribution >= 0.6 is 0 Å². The number of aromatic nitrogens is 1. The Balaban J connectivity index is 0.000000407. The van der Waals surface area contributed by atoms with E-state index in [4.69, 9.17) is 13.0 Å². The number of hydrogen-bond acceptors (Lipinski definition) is 3. The Labute approximate surface area is 248 Å². The van der Waals surface area contributed by atoms with Crippen LogP contribution in [0.25, 0.3) is 44.4 Å². The predicted octanol–water partition coefficient (Wildman–Crippen LogP) is 8.23. The number of pyridine rings is 1. The molecule has 0 radical (unpaired) electrons. The van der Waals surface area contributed by atoms with Gasteiger partial charge < -0.3 is 4.55 Å². The van der Waals surface area contributed by atoms with Gasteiger partial charge in [0.15, 0.2) is 16.7 Å². The summed E-state index contributed by atoms with van der Waals surface area (Å²) in [5.41, 5.74) is 2.92. The molecule has 216 valence electrons. The van der Waals surface area contributed by atoms with Crippen LogP contribution in [0, 0.1) is 0 Å². The minimum Gasteiger partial charge on any atom is -0.741 e. The highest BCUT2D eigenvalue weighted by molar-refractivity contribution is 7.86. The fourth-order valence-electron chi connectivity index (χ4n) is 4.79. The van der Waals surface area contributed by atoms with Crippen molar-refractivity contribution in [3.05, 3.63) is 151 Å². The van der Waals surface area contributed by atoms with Crippen molar-refractivity contribution >= 4 is 20.9 Å². The van der Waals surface area contributed by atoms with E-state index < -0.39 is 15.6 Å². The van der Waals surface area contributed by atoms with Crippen molar-refractivity contribution in [2.75, 3.05) is 0 Å². The molecule has 43 heavy (non-hydrogen) atoms. The van der Waals surface area contributed by atoms with Gasteiger partial charge >= 0.3 is 5.51 Å². The lowest BCUT2D eigenvalue weighted by Crippen LogP contribution is -2.39. The molecule has 8 heteroatoms. The van der Waals surface area contributed by atoms with E-state index in [1.807, 2.05) is 0 Å². The molecule has 0 aliphatic rings. The molecule has 0 N–H and O–H groups in total. The highest BCUT2D eigenvalue weighted by Crippen LogP contribution is 2.31. The van der Waals surface area contributed by atoms with Gasteiger partial charge in [0.25, 0.3) is 0 Å². The first-order valence-electron chi connectivity index (χ1n) is 13.3. The molecule has 0 aliphatic carbocycles. The molecule has 0 atom stereocenters. The zero-order valence-corrected chi connectivity index (χ0v) is 23.6. The summed E-state index contributed by atoms with van der Waals surface area (Å²) in [6.45, 7) is 0.794. The average molecular weight is 598 g/mol. The van der Waals surface area contributed by atoms with Crippen molar-refractivity contribution in [3.8, 4) is 33.6 Å². The molecule has 0 bridgehead atoms. The first kappa shape index (κ1) is 29.7. The minimum atomic E-state index is -6.09. The molecular weight excluding hydrogens is 571 g/mol. The number of halogens is 3. The van der Waals surface area contributed by atoms with Gasteiger partial charge in [0.05, 0.1) is 0 Å². The van der Waals surface area contributed by atoms with Gasteiger partial charge in [0, 0.05) is 28.8 Å². The second-order valence-corrected chi connectivity index (χ2v) is 11.2. The van der Waals surface area contributed by atoms with Crippen molar-refractivity contribution < 1.29 is 30.7 Å². The minimum absolute atomic E-state index is 0.794. The lowest BCUT2D eigenvalue weighted by atomic mass is 9.97. The second-order valence-electron chi connectivity index (χ2n) is 9.78. The van der Waals surface area contributed by atoms with E-state index >= 15 is 0 Å². The molecule has 1 heterocycles. The number of alkyl halides is 3. The Morgan fingerprint density at radius 3 is 1.56 bits per heavy atom. The summed E-state index contributed by atoms with van der Waals surface area (Å²) in [5.74, 6) is 0. The Morgan fingerprint density at radius 1 is 0.535 bits per heavy atom. The zero-order chi connectivity index (χ0) is 30.5. The summed E-state index contributed by atoms with van der Waals surface area (Å²) < 4.78 is 61.4. The molecule has 4 nitrogen and oxygen atoms in total. The second kappa shape index (κ2) is 12.6. The summed E-state index contributed by atoms with van der Waals surface area (Å²) in [6.07, 6.45) is 0. The van der Waals surface area contributed by atoms with Crippen molar-refractivity contribution in [2.45, 2.75) is 12.1 Å². The van der Waals surface area contributed by atoms with Gasteiger partial charge in [-0.3, -0.25) is 0 Å². The lowest BCUT2D eigenvalue weighted by molar-refractivity contribution is -0.666. The molecule has 5 aromatic carbocycles. The molecule has 0 saturated carbocycles. The van der Waals surface area contributed by atoms with Crippen LogP contribution in [-0.2, 0) is 16.7 Å². The summed E-state index contributed by atoms with van der Waals surface area (Å²) in [7, 11) is -6.09. The summed E-state index contributed by atoms with van der Waals surface area (Å²) in [6, 6.07) is 52.2. The maximum absolute atomic E-state index is 10.7. The molecule has 1 aromatic heterocycles. The van der Waals surface area contributed by atoms with Crippen LogP contribution in [0.3, 0.4) is 0 Å². The maximum Gasteiger partial charge on any atom is 0.485 e. The molecule has 0 unspecified atom stereocenters. The van der Waals surface area contributed by atoms with Crippen molar-refractivity contribution in [1.29, 1.82) is 0 Å². The van der Waals surface area contributed by atoms with E-state index in [0.717, 1.165) is 6.54 Å². The van der Waals surface area contributed by atoms with Gasteiger partial charge in [0.1, 0.15) is 0 Å². The average Bonchev–Trinajstić information content (AvgIpc) is 3.01. The highest BCUT2D eigenvalue weighted by Gasteiger charge is 2.37. The molecular formula is C35H26F3NO3S. The van der Waals surface area contributed by atoms with Crippen LogP contribution in [0.1, 0.15) is 5.56 Å². The molecule has 0 amide bonds. The summed E-state index contributed by atoms with van der Waals surface area (Å²) in [4.78, 5) is 0. The van der Waals surface area contributed by atoms with E-state index in [9.17, 15) is 13.2 Å². The van der Waals surface area contributed by atoms with Crippen LogP contribution in [-0.4, -0.2) is 18.5 Å². The third kappa shape index (κ3) is 7.17. The summed E-state index contributed by atoms with van der Waals surface area (Å²) >= 11 is 0. The highest BCUT2D eigenvalue weighted by atomic mass is 32.2. The first-order valence-corrected chi connectivity index (χ1v) is 14.7. The summed E-state index contributed by atoms with van der Waals surface area (Å²) in [5, 5.41) is 2.51. The molecule has 0 saturated heterocycles. The molecule has 0 aliphatic heterocycles. The van der Waals surface area contributed by atoms with Gasteiger partial charge in [-0.15, -0.1) is 0 Å². The fraction of sp³-hybridized carbons (Fsp3) is 0.0571. The van der Waals surface area contributed by atoms with Gasteiger partial charge in [0.2, 0.25) is 11.4 Å². The van der Waals surface area contributed by atoms with Crippen molar-refractivity contribution in [1.82, 2.24) is 0 Å². The SMILES string of the molecule is O=S(=O)([O-])C(F)(F)F.c1ccc(C[n+]2c(-c3ccccc3)cc(-c3ccccc3)cc2-c2ccc3ccccc3c2)cc1. The standard InChI is InChI=1S/C34H26N.CHF3O3S/c1-4-12-26(13-5-1)25-35-33(29-17-8-3-9-18-29)23-32(27-14-6-2-7-15-27)24-34(35)31-21-20-28-16-10-11-19-30(28)22-31;2-1(3,4)8(5,6)7/h1-24H,25H2;(H,5,6,7)/q+1;/p-1. The Kier molecular flexibility index (Phi) is 8.71. The van der Waals surface area contributed by atoms with E-state index in [2.05, 4.69) is 150 Å². The molecule has 0 fully saturated rings. The Hall–Kier alpha value is -4.79. The number of rotatable bonds is 5. The lowest BCUT2D eigenvalue weighted by Gasteiger charge is -2.13. The number of fused-ring (bicyclic) bond motifs is 1. The number of benzene rings is 5. The van der Waals surface area contributed by atoms with Crippen LogP contribution in [0.5, 0.6) is 0 Å². The van der Waals surface area contributed by atoms with E-state index in [1.54, 1.807) is 0 Å². The van der Waals surface area contributed by atoms with Gasteiger partial charge in [-0.1, -0.05) is 109 Å². The van der Waals surface area contributed by atoms with Crippen LogP contribution in [0.4, 0.5) is 13.2 Å². The molecule has 0 spiro atoms. The fourth-order valence-corrected chi connectivity index (χ4v) is 4.79. The van der Waals surface area contributed by atoms with Crippen LogP contribution < -0.4 is 4.57 Å². The van der Waals surface area contributed by atoms with Crippen molar-refractivity contribution in [3.63, 3.8) is 0 Å². The smallest absolute Gasteiger partial charge is 0.485 e. The maximum atomic E-state index is 10.7. The van der Waals surface area contributed by atoms with Crippen molar-refractivity contribution in [2.24, 2.45) is 0 Å². The molecule has 6 aromatic rings. The van der Waals surface area contributed by atoms with E-state index in [1.165, 1.54) is 50.0 Å². The Morgan fingerprint density at radius 2 is 1.00 bits per heavy atom. The number of hydrogen-bond donors (Lipinski definition) is 0. The predicted molar refractivity (Wildman–Crippen MR) is 162 cm³/mol.